The van der Waals surface area contributed by atoms with Crippen LogP contribution in [0.25, 0.3) is 5.57 Å². The zero-order valence-corrected chi connectivity index (χ0v) is 23.4. The van der Waals surface area contributed by atoms with Crippen LogP contribution >= 0.6 is 0 Å². The molecule has 2 aromatic carbocycles. The van der Waals surface area contributed by atoms with Crippen LogP contribution in [0.3, 0.4) is 0 Å². The van der Waals surface area contributed by atoms with Crippen molar-refractivity contribution in [2.24, 2.45) is 0 Å². The van der Waals surface area contributed by atoms with E-state index in [1.54, 1.807) is 33.8 Å². The first-order chi connectivity index (χ1) is 19.2. The molecule has 10 heteroatoms. The molecule has 0 aromatic heterocycles. The van der Waals surface area contributed by atoms with Gasteiger partial charge in [0.2, 0.25) is 13.1 Å². The molecule has 3 heterocycles. The monoisotopic (exact) mass is 578 g/mol. The number of aromatic carboxylic acids is 1. The van der Waals surface area contributed by atoms with E-state index in [0.29, 0.717) is 33.7 Å². The number of carboxylic acid groups (broad SMARTS) is 1. The van der Waals surface area contributed by atoms with E-state index in [1.165, 1.54) is 25.1 Å². The number of hydrogen-bond donors (Lipinski definition) is 0. The lowest BCUT2D eigenvalue weighted by Crippen LogP contribution is -2.57. The number of ketones is 1. The summed E-state index contributed by atoms with van der Waals surface area (Å²) in [5.74, 6) is -7.21. The fourth-order valence-electron chi connectivity index (χ4n) is 6.09. The Morgan fingerprint density at radius 1 is 1.02 bits per heavy atom. The van der Waals surface area contributed by atoms with Crippen molar-refractivity contribution >= 4 is 42.0 Å². The number of carboxylic acids is 1. The Bertz CT molecular complexity index is 1690. The minimum absolute atomic E-state index is 0.108. The first-order valence-corrected chi connectivity index (χ1v) is 15.7. The molecule has 0 spiro atoms. The number of fused-ring (bicyclic) bond motifs is 2. The number of rotatable bonds is 5. The van der Waals surface area contributed by atoms with Gasteiger partial charge in [-0.15, -0.1) is 6.58 Å². The molecule has 3 aliphatic heterocycles. The van der Waals surface area contributed by atoms with Crippen molar-refractivity contribution in [3.8, 4) is 0 Å². The van der Waals surface area contributed by atoms with Crippen molar-refractivity contribution < 1.29 is 36.8 Å². The molecule has 4 aliphatic rings. The normalized spacial score (nSPS) is 23.7. The summed E-state index contributed by atoms with van der Waals surface area (Å²) in [6, 6.07) is 9.71. The van der Waals surface area contributed by atoms with E-state index in [4.69, 9.17) is 0 Å². The molecule has 0 radical (unpaired) electrons. The number of halogens is 4. The molecule has 1 aliphatic carbocycles. The van der Waals surface area contributed by atoms with Crippen LogP contribution < -0.4 is 15.2 Å². The highest BCUT2D eigenvalue weighted by Gasteiger charge is 2.52. The molecule has 0 saturated carbocycles. The third-order valence-electron chi connectivity index (χ3n) is 8.41. The number of allylic oxidation sites excluding steroid dienone is 5. The minimum atomic E-state index is -2.83. The SMILES string of the molecule is C=C[Si]1(C)C2=CC(=[N+]3CC(F)(F)C3)C=CC2=C(c2cc(C(C)=O)ccc2C(=O)[O-])c2ccc(N3CC(F)(F)C3)cc21. The van der Waals surface area contributed by atoms with Gasteiger partial charge in [-0.3, -0.25) is 4.79 Å². The molecule has 2 aromatic rings. The lowest BCUT2D eigenvalue weighted by atomic mass is 9.86. The molecule has 1 unspecified atom stereocenters. The van der Waals surface area contributed by atoms with E-state index >= 15 is 0 Å². The van der Waals surface area contributed by atoms with Crippen molar-refractivity contribution in [3.63, 3.8) is 0 Å². The smallest absolute Gasteiger partial charge is 0.361 e. The highest BCUT2D eigenvalue weighted by molar-refractivity contribution is 7.02. The van der Waals surface area contributed by atoms with Crippen molar-refractivity contribution in [1.29, 1.82) is 0 Å². The number of Topliss-reactive ketones (excluding diaryl/α,β-unsaturated/α-hetero) is 1. The first kappa shape index (κ1) is 27.1. The first-order valence-electron chi connectivity index (χ1n) is 13.2. The van der Waals surface area contributed by atoms with Crippen molar-refractivity contribution in [1.82, 2.24) is 0 Å². The highest BCUT2D eigenvalue weighted by Crippen LogP contribution is 2.44. The van der Waals surface area contributed by atoms with Gasteiger partial charge in [0.15, 0.2) is 11.5 Å². The lowest BCUT2D eigenvalue weighted by molar-refractivity contribution is -0.638. The molecule has 2 fully saturated rings. The zero-order valence-electron chi connectivity index (χ0n) is 22.4. The maximum Gasteiger partial charge on any atom is 0.361 e. The van der Waals surface area contributed by atoms with E-state index in [-0.39, 0.29) is 16.9 Å². The van der Waals surface area contributed by atoms with Crippen LogP contribution in [0, 0.1) is 0 Å². The summed E-state index contributed by atoms with van der Waals surface area (Å²) >= 11 is 0. The second-order valence-corrected chi connectivity index (χ2v) is 15.2. The van der Waals surface area contributed by atoms with E-state index < -0.39 is 52.1 Å². The Kier molecular flexibility index (Phi) is 5.94. The Hall–Kier alpha value is -4.05. The predicted molar refractivity (Wildman–Crippen MR) is 149 cm³/mol. The largest absolute Gasteiger partial charge is 0.545 e. The van der Waals surface area contributed by atoms with E-state index in [2.05, 4.69) is 6.58 Å². The fraction of sp³-hybridized carbons (Fsp3) is 0.258. The van der Waals surface area contributed by atoms with Gasteiger partial charge < -0.3 is 14.8 Å². The molecule has 0 bridgehead atoms. The lowest BCUT2D eigenvalue weighted by Gasteiger charge is -2.43. The molecule has 6 rings (SSSR count). The van der Waals surface area contributed by atoms with Gasteiger partial charge in [0, 0.05) is 29.0 Å². The zero-order chi connectivity index (χ0) is 29.5. The highest BCUT2D eigenvalue weighted by atomic mass is 28.3. The molecule has 0 N–H and O–H groups in total. The maximum atomic E-state index is 13.7. The topological polar surface area (TPSA) is 63.4 Å². The van der Waals surface area contributed by atoms with Crippen LogP contribution in [-0.4, -0.2) is 68.1 Å². The molecule has 1 atom stereocenters. The Balaban J connectivity index is 1.64. The fourth-order valence-corrected chi connectivity index (χ4v) is 9.25. The number of carbonyl (C=O) groups excluding carboxylic acids is 2. The van der Waals surface area contributed by atoms with Crippen LogP contribution in [0.1, 0.15) is 38.8 Å². The van der Waals surface area contributed by atoms with Gasteiger partial charge in [-0.05, 0) is 63.9 Å². The summed E-state index contributed by atoms with van der Waals surface area (Å²) in [7, 11) is -2.83. The van der Waals surface area contributed by atoms with E-state index in [1.807, 2.05) is 24.4 Å². The predicted octanol–water partition coefficient (Wildman–Crippen LogP) is 3.67. The standard InChI is InChI=1S/C31H26F4N2O3Si/c1-4-41(3)26-12-20(36-14-30(32,33)15-36)6-9-23(26)28(25-11-19(18(2)38)5-8-22(25)29(39)40)24-10-7-21(13-27(24)41)37-16-31(34,35)17-37/h4-13H,1,14-17H2,2-3H3. The number of hydrogen-bond acceptors (Lipinski definition) is 4. The average Bonchev–Trinajstić information content (AvgIpc) is 2.89. The van der Waals surface area contributed by atoms with Crippen LogP contribution in [-0.2, 0) is 0 Å². The number of nitrogens with zero attached hydrogens (tertiary/aromatic N) is 2. The van der Waals surface area contributed by atoms with Gasteiger partial charge in [0.25, 0.3) is 5.92 Å². The molecule has 210 valence electrons. The van der Waals surface area contributed by atoms with Gasteiger partial charge in [-0.1, -0.05) is 30.4 Å². The number of benzene rings is 2. The van der Waals surface area contributed by atoms with E-state index in [0.717, 1.165) is 10.4 Å². The van der Waals surface area contributed by atoms with E-state index in [9.17, 15) is 32.3 Å². The van der Waals surface area contributed by atoms with Gasteiger partial charge >= 0.3 is 5.92 Å². The number of anilines is 1. The van der Waals surface area contributed by atoms with Crippen LogP contribution in [0.4, 0.5) is 23.2 Å². The Morgan fingerprint density at radius 3 is 2.32 bits per heavy atom. The molecule has 41 heavy (non-hydrogen) atoms. The second kappa shape index (κ2) is 8.97. The quantitative estimate of drug-likeness (QED) is 0.235. The second-order valence-electron chi connectivity index (χ2n) is 11.3. The third-order valence-corrected chi connectivity index (χ3v) is 12.3. The van der Waals surface area contributed by atoms with Gasteiger partial charge in [-0.25, -0.2) is 13.4 Å². The summed E-state index contributed by atoms with van der Waals surface area (Å²) in [6.45, 7) is 5.93. The molecule has 0 amide bonds. The van der Waals surface area contributed by atoms with Gasteiger partial charge in [0.05, 0.1) is 19.1 Å². The van der Waals surface area contributed by atoms with Crippen molar-refractivity contribution in [2.75, 3.05) is 31.1 Å². The summed E-state index contributed by atoms with van der Waals surface area (Å²) in [4.78, 5) is 26.2. The Morgan fingerprint density at radius 2 is 1.73 bits per heavy atom. The Labute approximate surface area is 235 Å². The van der Waals surface area contributed by atoms with Gasteiger partial charge in [0.1, 0.15) is 8.07 Å². The maximum absolute atomic E-state index is 13.7. The summed E-state index contributed by atoms with van der Waals surface area (Å²) in [5, 5.41) is 13.9. The van der Waals surface area contributed by atoms with Crippen LogP contribution in [0.2, 0.25) is 6.55 Å². The molecule has 5 nitrogen and oxygen atoms in total. The van der Waals surface area contributed by atoms with Crippen molar-refractivity contribution in [3.05, 3.63) is 99.9 Å². The van der Waals surface area contributed by atoms with Gasteiger partial charge in [-0.2, -0.15) is 8.78 Å². The number of carbonyl (C=O) groups is 2. The van der Waals surface area contributed by atoms with Crippen LogP contribution in [0.15, 0.2) is 77.7 Å². The summed E-state index contributed by atoms with van der Waals surface area (Å²) in [6.07, 6.45) is 5.40. The minimum Gasteiger partial charge on any atom is -0.545 e. The summed E-state index contributed by atoms with van der Waals surface area (Å²) in [5.41, 5.74) is 5.51. The van der Waals surface area contributed by atoms with Crippen LogP contribution in [0.5, 0.6) is 0 Å². The van der Waals surface area contributed by atoms with Crippen molar-refractivity contribution in [2.45, 2.75) is 25.3 Å². The third kappa shape index (κ3) is 4.32. The number of alkyl halides is 4. The molecule has 2 saturated heterocycles. The summed E-state index contributed by atoms with van der Waals surface area (Å²) < 4.78 is 56.6. The average molecular weight is 579 g/mol. The molecular formula is C31H26F4N2O3Si. The molecular weight excluding hydrogens is 552 g/mol.